The Hall–Kier alpha value is -1.79. The van der Waals surface area contributed by atoms with Crippen molar-refractivity contribution in [3.05, 3.63) is 0 Å². The second kappa shape index (κ2) is 7.49. The Balaban J connectivity index is 4.36. The number of rotatable bonds is 5. The smallest absolute Gasteiger partial charge is 0.321 e. The van der Waals surface area contributed by atoms with E-state index in [-0.39, 0.29) is 5.96 Å². The largest absolute Gasteiger partial charge is 0.370 e. The second-order valence-corrected chi connectivity index (χ2v) is 3.21. The van der Waals surface area contributed by atoms with Crippen molar-refractivity contribution in [2.75, 3.05) is 6.54 Å². The van der Waals surface area contributed by atoms with E-state index in [2.05, 4.69) is 15.6 Å². The number of nitrogens with one attached hydrogen (secondary N) is 2. The molecule has 0 aromatic rings. The summed E-state index contributed by atoms with van der Waals surface area (Å²) in [5.74, 6) is -0.661. The van der Waals surface area contributed by atoms with Gasteiger partial charge in [0, 0.05) is 6.54 Å². The molecule has 0 aromatic carbocycles. The van der Waals surface area contributed by atoms with Crippen LogP contribution in [-0.4, -0.2) is 30.5 Å². The number of aliphatic imine (C=N–C) groups is 1. The monoisotopic (exact) mass is 229 g/mol. The molecule has 0 aliphatic carbocycles. The van der Waals surface area contributed by atoms with E-state index < -0.39 is 18.0 Å². The number of guanidine groups is 1. The Morgan fingerprint density at radius 2 is 1.94 bits per heavy atom. The zero-order valence-electron chi connectivity index (χ0n) is 9.62. The van der Waals surface area contributed by atoms with E-state index >= 15 is 0 Å². The first-order valence-corrected chi connectivity index (χ1v) is 5.18. The lowest BCUT2D eigenvalue weighted by Gasteiger charge is -2.09. The van der Waals surface area contributed by atoms with E-state index in [1.807, 2.05) is 6.92 Å². The van der Waals surface area contributed by atoms with Crippen molar-refractivity contribution in [1.82, 2.24) is 10.6 Å². The van der Waals surface area contributed by atoms with Gasteiger partial charge in [-0.3, -0.25) is 10.1 Å². The van der Waals surface area contributed by atoms with Gasteiger partial charge in [0.25, 0.3) is 0 Å². The standard InChI is InChI=1S/C9H19N5O2/c1-3-5-6(7(10)15)13-8(11)14-9(16)12-4-2/h6H,3-5H2,1-2H3,(H2,10,15)(H4,11,12,13,14,16). The van der Waals surface area contributed by atoms with Gasteiger partial charge >= 0.3 is 6.03 Å². The van der Waals surface area contributed by atoms with Gasteiger partial charge in [-0.15, -0.1) is 0 Å². The van der Waals surface area contributed by atoms with Gasteiger partial charge in [-0.1, -0.05) is 13.3 Å². The van der Waals surface area contributed by atoms with Crippen LogP contribution in [-0.2, 0) is 4.79 Å². The van der Waals surface area contributed by atoms with Crippen molar-refractivity contribution in [1.29, 1.82) is 0 Å². The molecule has 0 aromatic heterocycles. The van der Waals surface area contributed by atoms with Gasteiger partial charge in [0.05, 0.1) is 0 Å². The summed E-state index contributed by atoms with van der Waals surface area (Å²) in [5.41, 5.74) is 10.6. The maximum atomic E-state index is 11.1. The number of hydrogen-bond donors (Lipinski definition) is 4. The van der Waals surface area contributed by atoms with Gasteiger partial charge in [-0.05, 0) is 13.3 Å². The van der Waals surface area contributed by atoms with Crippen LogP contribution >= 0.6 is 0 Å². The molecule has 0 rings (SSSR count). The highest BCUT2D eigenvalue weighted by atomic mass is 16.2. The third-order valence-corrected chi connectivity index (χ3v) is 1.76. The number of hydrogen-bond acceptors (Lipinski definition) is 3. The summed E-state index contributed by atoms with van der Waals surface area (Å²) >= 11 is 0. The second-order valence-electron chi connectivity index (χ2n) is 3.21. The minimum Gasteiger partial charge on any atom is -0.370 e. The summed E-state index contributed by atoms with van der Waals surface area (Å²) in [5, 5.41) is 4.78. The highest BCUT2D eigenvalue weighted by Crippen LogP contribution is 2.00. The first-order valence-electron chi connectivity index (χ1n) is 5.18. The van der Waals surface area contributed by atoms with Crippen LogP contribution in [0.1, 0.15) is 26.7 Å². The molecule has 0 aliphatic rings. The normalized spacial score (nSPS) is 13.0. The topological polar surface area (TPSA) is 123 Å². The fourth-order valence-electron chi connectivity index (χ4n) is 1.07. The van der Waals surface area contributed by atoms with Crippen LogP contribution in [0.2, 0.25) is 0 Å². The van der Waals surface area contributed by atoms with Crippen LogP contribution in [0.5, 0.6) is 0 Å². The van der Waals surface area contributed by atoms with Crippen molar-refractivity contribution in [3.63, 3.8) is 0 Å². The maximum absolute atomic E-state index is 11.1. The Morgan fingerprint density at radius 3 is 2.38 bits per heavy atom. The number of carbonyl (C=O) groups is 2. The van der Waals surface area contributed by atoms with Gasteiger partial charge in [-0.25, -0.2) is 9.79 Å². The van der Waals surface area contributed by atoms with Crippen LogP contribution in [0.3, 0.4) is 0 Å². The van der Waals surface area contributed by atoms with Gasteiger partial charge in [0.1, 0.15) is 6.04 Å². The molecular formula is C9H19N5O2. The lowest BCUT2D eigenvalue weighted by molar-refractivity contribution is -0.119. The quantitative estimate of drug-likeness (QED) is 0.367. The lowest BCUT2D eigenvalue weighted by Crippen LogP contribution is -2.44. The van der Waals surface area contributed by atoms with E-state index in [1.165, 1.54) is 0 Å². The molecule has 16 heavy (non-hydrogen) atoms. The first-order chi connectivity index (χ1) is 7.51. The van der Waals surface area contributed by atoms with E-state index in [4.69, 9.17) is 11.5 Å². The van der Waals surface area contributed by atoms with Gasteiger partial charge in [0.2, 0.25) is 5.91 Å². The van der Waals surface area contributed by atoms with Gasteiger partial charge in [0.15, 0.2) is 5.96 Å². The maximum Gasteiger partial charge on any atom is 0.321 e. The molecule has 0 saturated carbocycles. The van der Waals surface area contributed by atoms with Crippen molar-refractivity contribution in [2.24, 2.45) is 16.5 Å². The molecule has 0 fully saturated rings. The van der Waals surface area contributed by atoms with E-state index in [9.17, 15) is 9.59 Å². The third kappa shape index (κ3) is 5.84. The molecular weight excluding hydrogens is 210 g/mol. The molecule has 0 aliphatic heterocycles. The minimum atomic E-state index is -0.688. The van der Waals surface area contributed by atoms with E-state index in [1.54, 1.807) is 6.92 Å². The average Bonchev–Trinajstić information content (AvgIpc) is 2.16. The zero-order chi connectivity index (χ0) is 12.6. The zero-order valence-corrected chi connectivity index (χ0v) is 9.62. The average molecular weight is 229 g/mol. The molecule has 0 saturated heterocycles. The van der Waals surface area contributed by atoms with Crippen LogP contribution in [0.25, 0.3) is 0 Å². The summed E-state index contributed by atoms with van der Waals surface area (Å²) < 4.78 is 0. The van der Waals surface area contributed by atoms with Crippen LogP contribution in [0, 0.1) is 0 Å². The summed E-state index contributed by atoms with van der Waals surface area (Å²) in [6.45, 7) is 4.16. The molecule has 3 amide bonds. The molecule has 92 valence electrons. The molecule has 7 nitrogen and oxygen atoms in total. The summed E-state index contributed by atoms with van der Waals surface area (Å²) in [7, 11) is 0. The van der Waals surface area contributed by atoms with Gasteiger partial charge in [-0.2, -0.15) is 0 Å². The molecule has 1 atom stereocenters. The predicted octanol–water partition coefficient (Wildman–Crippen LogP) is -0.726. The third-order valence-electron chi connectivity index (χ3n) is 1.76. The Bertz CT molecular complexity index is 277. The number of nitrogens with zero attached hydrogens (tertiary/aromatic N) is 1. The van der Waals surface area contributed by atoms with Crippen LogP contribution in [0.15, 0.2) is 4.99 Å². The lowest BCUT2D eigenvalue weighted by atomic mass is 10.2. The molecule has 0 spiro atoms. The Labute approximate surface area is 94.7 Å². The summed E-state index contributed by atoms with van der Waals surface area (Å²) in [4.78, 5) is 25.9. The molecule has 6 N–H and O–H groups in total. The number of nitrogens with two attached hydrogens (primary N) is 2. The molecule has 0 radical (unpaired) electrons. The summed E-state index contributed by atoms with van der Waals surface area (Å²) in [6.07, 6.45) is 1.26. The Morgan fingerprint density at radius 1 is 1.31 bits per heavy atom. The van der Waals surface area contributed by atoms with Crippen molar-refractivity contribution in [3.8, 4) is 0 Å². The predicted molar refractivity (Wildman–Crippen MR) is 61.7 cm³/mol. The molecule has 7 heteroatoms. The molecule has 0 heterocycles. The fraction of sp³-hybridized carbons (Fsp3) is 0.667. The van der Waals surface area contributed by atoms with Crippen molar-refractivity contribution >= 4 is 17.9 Å². The first kappa shape index (κ1) is 14.2. The summed E-state index contributed by atoms with van der Waals surface area (Å²) in [6, 6.07) is -1.14. The number of primary amides is 1. The van der Waals surface area contributed by atoms with Gasteiger partial charge < -0.3 is 16.8 Å². The van der Waals surface area contributed by atoms with Crippen LogP contribution in [0.4, 0.5) is 4.79 Å². The SMILES string of the molecule is CCCC(N=C(N)NC(=O)NCC)C(N)=O. The molecule has 1 unspecified atom stereocenters. The number of carbonyl (C=O) groups excluding carboxylic acids is 2. The van der Waals surface area contributed by atoms with Crippen molar-refractivity contribution in [2.45, 2.75) is 32.7 Å². The highest BCUT2D eigenvalue weighted by molar-refractivity contribution is 5.96. The van der Waals surface area contributed by atoms with Crippen LogP contribution < -0.4 is 22.1 Å². The van der Waals surface area contributed by atoms with Crippen molar-refractivity contribution < 1.29 is 9.59 Å². The number of urea groups is 1. The highest BCUT2D eigenvalue weighted by Gasteiger charge is 2.13. The number of amides is 3. The van der Waals surface area contributed by atoms with E-state index in [0.29, 0.717) is 13.0 Å². The molecule has 0 bridgehead atoms. The van der Waals surface area contributed by atoms with E-state index in [0.717, 1.165) is 6.42 Å². The Kier molecular flexibility index (Phi) is 6.66. The fourth-order valence-corrected chi connectivity index (χ4v) is 1.07. The minimum absolute atomic E-state index is 0.108.